The lowest BCUT2D eigenvalue weighted by atomic mass is 10.1. The van der Waals surface area contributed by atoms with Crippen LogP contribution in [0.3, 0.4) is 0 Å². The second-order valence-corrected chi connectivity index (χ2v) is 8.32. The van der Waals surface area contributed by atoms with E-state index < -0.39 is 0 Å². The lowest BCUT2D eigenvalue weighted by Gasteiger charge is -2.17. The quantitative estimate of drug-likeness (QED) is 0.650. The van der Waals surface area contributed by atoms with Crippen LogP contribution in [0.4, 0.5) is 11.4 Å². The molecule has 27 heavy (non-hydrogen) atoms. The Kier molecular flexibility index (Phi) is 6.22. The average molecular weight is 383 g/mol. The van der Waals surface area contributed by atoms with Crippen LogP contribution in [0.1, 0.15) is 37.3 Å². The van der Waals surface area contributed by atoms with Gasteiger partial charge in [0.1, 0.15) is 0 Å². The van der Waals surface area contributed by atoms with Crippen molar-refractivity contribution in [2.75, 3.05) is 10.6 Å². The van der Waals surface area contributed by atoms with E-state index in [0.717, 1.165) is 46.7 Å². The minimum atomic E-state index is -0.195. The molecule has 2 aromatic carbocycles. The van der Waals surface area contributed by atoms with Crippen molar-refractivity contribution in [2.45, 2.75) is 50.2 Å². The van der Waals surface area contributed by atoms with Crippen LogP contribution in [0, 0.1) is 19.8 Å². The van der Waals surface area contributed by atoms with Gasteiger partial charge in [0.15, 0.2) is 0 Å². The van der Waals surface area contributed by atoms with Crippen molar-refractivity contribution >= 4 is 35.0 Å². The molecule has 5 heteroatoms. The van der Waals surface area contributed by atoms with Gasteiger partial charge in [-0.3, -0.25) is 9.59 Å². The fourth-order valence-corrected chi connectivity index (χ4v) is 3.84. The highest BCUT2D eigenvalue weighted by Crippen LogP contribution is 2.32. The van der Waals surface area contributed by atoms with Gasteiger partial charge in [0.2, 0.25) is 11.8 Å². The van der Waals surface area contributed by atoms with Crippen molar-refractivity contribution < 1.29 is 9.59 Å². The van der Waals surface area contributed by atoms with E-state index in [-0.39, 0.29) is 23.0 Å². The van der Waals surface area contributed by atoms with Gasteiger partial charge in [-0.1, -0.05) is 25.1 Å². The number of rotatable bonds is 7. The molecule has 0 aliphatic heterocycles. The summed E-state index contributed by atoms with van der Waals surface area (Å²) >= 11 is 1.53. The van der Waals surface area contributed by atoms with Gasteiger partial charge in [-0.15, -0.1) is 11.8 Å². The third-order valence-electron chi connectivity index (χ3n) is 4.85. The molecule has 0 spiro atoms. The molecule has 1 unspecified atom stereocenters. The van der Waals surface area contributed by atoms with Crippen LogP contribution in [0.2, 0.25) is 0 Å². The number of aryl methyl sites for hydroxylation is 1. The van der Waals surface area contributed by atoms with E-state index in [1.54, 1.807) is 0 Å². The largest absolute Gasteiger partial charge is 0.326 e. The van der Waals surface area contributed by atoms with Gasteiger partial charge >= 0.3 is 0 Å². The number of hydrogen-bond acceptors (Lipinski definition) is 3. The molecule has 1 aliphatic rings. The van der Waals surface area contributed by atoms with E-state index in [0.29, 0.717) is 0 Å². The first-order valence-corrected chi connectivity index (χ1v) is 10.3. The number of hydrogen-bond donors (Lipinski definition) is 2. The molecule has 3 rings (SSSR count). The molecule has 1 atom stereocenters. The van der Waals surface area contributed by atoms with Gasteiger partial charge < -0.3 is 10.6 Å². The van der Waals surface area contributed by atoms with E-state index in [1.165, 1.54) is 11.8 Å². The Morgan fingerprint density at radius 2 is 1.85 bits per heavy atom. The average Bonchev–Trinajstić information content (AvgIpc) is 3.49. The Hall–Kier alpha value is -2.27. The topological polar surface area (TPSA) is 58.2 Å². The van der Waals surface area contributed by atoms with Crippen LogP contribution in [-0.2, 0) is 9.59 Å². The number of nitrogens with one attached hydrogen (secondary N) is 2. The smallest absolute Gasteiger partial charge is 0.237 e. The van der Waals surface area contributed by atoms with E-state index in [1.807, 2.05) is 63.2 Å². The molecule has 4 nitrogen and oxygen atoms in total. The fraction of sp³-hybridized carbons (Fsp3) is 0.364. The second kappa shape index (κ2) is 8.61. The predicted octanol–water partition coefficient (Wildman–Crippen LogP) is 5.16. The molecule has 0 aromatic heterocycles. The van der Waals surface area contributed by atoms with E-state index >= 15 is 0 Å². The number of thioether (sulfide) groups is 1. The van der Waals surface area contributed by atoms with Gasteiger partial charge in [-0.05, 0) is 68.5 Å². The zero-order chi connectivity index (χ0) is 19.4. The first-order valence-electron chi connectivity index (χ1n) is 9.42. The molecular formula is C22H26N2O2S. The normalized spacial score (nSPS) is 14.5. The third kappa shape index (κ3) is 5.13. The molecule has 0 heterocycles. The Morgan fingerprint density at radius 1 is 1.11 bits per heavy atom. The maximum atomic E-state index is 12.8. The second-order valence-electron chi connectivity index (χ2n) is 7.04. The van der Waals surface area contributed by atoms with Crippen molar-refractivity contribution in [3.8, 4) is 0 Å². The summed E-state index contributed by atoms with van der Waals surface area (Å²) in [7, 11) is 0. The molecule has 0 radical (unpaired) electrons. The van der Waals surface area contributed by atoms with Crippen molar-refractivity contribution in [2.24, 2.45) is 5.92 Å². The first kappa shape index (κ1) is 19.5. The zero-order valence-electron chi connectivity index (χ0n) is 16.0. The predicted molar refractivity (Wildman–Crippen MR) is 112 cm³/mol. The van der Waals surface area contributed by atoms with Gasteiger partial charge in [-0.25, -0.2) is 0 Å². The van der Waals surface area contributed by atoms with E-state index in [2.05, 4.69) is 10.6 Å². The Labute approximate surface area is 165 Å². The molecule has 1 fully saturated rings. The maximum absolute atomic E-state index is 12.8. The van der Waals surface area contributed by atoms with Gasteiger partial charge in [0.25, 0.3) is 0 Å². The fourth-order valence-electron chi connectivity index (χ4n) is 2.82. The van der Waals surface area contributed by atoms with Crippen molar-refractivity contribution in [1.82, 2.24) is 0 Å². The van der Waals surface area contributed by atoms with Crippen molar-refractivity contribution in [3.63, 3.8) is 0 Å². The molecule has 2 amide bonds. The minimum absolute atomic E-state index is 0.00335. The minimum Gasteiger partial charge on any atom is -0.326 e. The molecule has 0 bridgehead atoms. The van der Waals surface area contributed by atoms with Gasteiger partial charge in [-0.2, -0.15) is 0 Å². The summed E-state index contributed by atoms with van der Waals surface area (Å²) in [5.41, 5.74) is 3.91. The van der Waals surface area contributed by atoms with Gasteiger partial charge in [0, 0.05) is 22.2 Å². The number of amides is 2. The standard InChI is InChI=1S/C22H26N2O2S/c1-4-20(22(26)24-19-10-5-7-14(2)15(19)3)27-18-9-6-8-17(13-18)23-21(25)16-11-12-16/h5-10,13,16,20H,4,11-12H2,1-3H3,(H,23,25)(H,24,26). The molecule has 142 valence electrons. The van der Waals surface area contributed by atoms with Crippen LogP contribution in [-0.4, -0.2) is 17.1 Å². The lowest BCUT2D eigenvalue weighted by molar-refractivity contribution is -0.117. The maximum Gasteiger partial charge on any atom is 0.237 e. The third-order valence-corrected chi connectivity index (χ3v) is 6.21. The van der Waals surface area contributed by atoms with Gasteiger partial charge in [0.05, 0.1) is 5.25 Å². The number of anilines is 2. The summed E-state index contributed by atoms with van der Waals surface area (Å²) in [6.07, 6.45) is 2.69. The van der Waals surface area contributed by atoms with Crippen LogP contribution in [0.5, 0.6) is 0 Å². The lowest BCUT2D eigenvalue weighted by Crippen LogP contribution is -2.25. The highest BCUT2D eigenvalue weighted by atomic mass is 32.2. The Balaban J connectivity index is 1.66. The van der Waals surface area contributed by atoms with Crippen LogP contribution in [0.25, 0.3) is 0 Å². The monoisotopic (exact) mass is 382 g/mol. The van der Waals surface area contributed by atoms with E-state index in [4.69, 9.17) is 0 Å². The molecule has 2 aromatic rings. The Bertz CT molecular complexity index is 846. The zero-order valence-corrected chi connectivity index (χ0v) is 16.9. The summed E-state index contributed by atoms with van der Waals surface area (Å²) in [4.78, 5) is 25.7. The number of benzene rings is 2. The van der Waals surface area contributed by atoms with Crippen molar-refractivity contribution in [1.29, 1.82) is 0 Å². The number of carbonyl (C=O) groups is 2. The highest BCUT2D eigenvalue weighted by Gasteiger charge is 2.29. The molecular weight excluding hydrogens is 356 g/mol. The first-order chi connectivity index (χ1) is 13.0. The van der Waals surface area contributed by atoms with Crippen molar-refractivity contribution in [3.05, 3.63) is 53.6 Å². The Morgan fingerprint density at radius 3 is 2.56 bits per heavy atom. The molecule has 1 saturated carbocycles. The summed E-state index contributed by atoms with van der Waals surface area (Å²) < 4.78 is 0. The molecule has 2 N–H and O–H groups in total. The summed E-state index contributed by atoms with van der Waals surface area (Å²) in [6.45, 7) is 6.07. The highest BCUT2D eigenvalue weighted by molar-refractivity contribution is 8.00. The summed E-state index contributed by atoms with van der Waals surface area (Å²) in [5, 5.41) is 5.83. The SMILES string of the molecule is CCC(Sc1cccc(NC(=O)C2CC2)c1)C(=O)Nc1cccc(C)c1C. The number of carbonyl (C=O) groups excluding carboxylic acids is 2. The molecule has 1 aliphatic carbocycles. The van der Waals surface area contributed by atoms with Crippen LogP contribution < -0.4 is 10.6 Å². The van der Waals surface area contributed by atoms with Crippen LogP contribution >= 0.6 is 11.8 Å². The molecule has 0 saturated heterocycles. The van der Waals surface area contributed by atoms with E-state index in [9.17, 15) is 9.59 Å². The van der Waals surface area contributed by atoms with Crippen LogP contribution in [0.15, 0.2) is 47.4 Å². The summed E-state index contributed by atoms with van der Waals surface area (Å²) in [6, 6.07) is 13.7. The summed E-state index contributed by atoms with van der Waals surface area (Å²) in [5.74, 6) is 0.272.